The Bertz CT molecular complexity index is 265. The summed E-state index contributed by atoms with van der Waals surface area (Å²) in [6, 6.07) is 1.88. The second-order valence-corrected chi connectivity index (χ2v) is 4.40. The summed E-state index contributed by atoms with van der Waals surface area (Å²) in [4.78, 5) is 2.03. The number of hydrogen-bond donors (Lipinski definition) is 1. The van der Waals surface area contributed by atoms with E-state index in [-0.39, 0.29) is 5.54 Å². The maximum atomic E-state index is 10.0. The first-order chi connectivity index (χ1) is 6.44. The summed E-state index contributed by atoms with van der Waals surface area (Å²) in [5, 5.41) is 10.0. The molecule has 0 fully saturated rings. The Labute approximate surface area is 85.3 Å². The zero-order chi connectivity index (χ0) is 10.8. The third-order valence-electron chi connectivity index (χ3n) is 2.98. The average Bonchev–Trinajstić information content (AvgIpc) is 2.56. The van der Waals surface area contributed by atoms with Crippen molar-refractivity contribution in [2.45, 2.75) is 31.9 Å². The van der Waals surface area contributed by atoms with Crippen LogP contribution < -0.4 is 0 Å². The molecule has 1 rings (SSSR count). The van der Waals surface area contributed by atoms with Gasteiger partial charge in [0.05, 0.1) is 18.6 Å². The number of likely N-dealkylation sites (N-methyl/N-ethyl adjacent to an activating group) is 1. The second-order valence-electron chi connectivity index (χ2n) is 4.40. The number of aliphatic hydroxyl groups is 1. The highest BCUT2D eigenvalue weighted by atomic mass is 16.3. The predicted molar refractivity (Wildman–Crippen MR) is 56.2 cm³/mol. The van der Waals surface area contributed by atoms with E-state index in [2.05, 4.69) is 0 Å². The van der Waals surface area contributed by atoms with Crippen molar-refractivity contribution in [2.75, 3.05) is 14.1 Å². The smallest absolute Gasteiger partial charge is 0.0935 e. The van der Waals surface area contributed by atoms with Gasteiger partial charge in [-0.15, -0.1) is 0 Å². The largest absolute Gasteiger partial charge is 0.472 e. The quantitative estimate of drug-likeness (QED) is 0.795. The van der Waals surface area contributed by atoms with Crippen LogP contribution in [0.25, 0.3) is 0 Å². The molecular formula is C11H19NO2. The molecule has 1 heterocycles. The summed E-state index contributed by atoms with van der Waals surface area (Å²) >= 11 is 0. The molecule has 3 heteroatoms. The number of hydrogen-bond acceptors (Lipinski definition) is 3. The summed E-state index contributed by atoms with van der Waals surface area (Å²) in [6.45, 7) is 4.05. The molecule has 0 saturated heterocycles. The summed E-state index contributed by atoms with van der Waals surface area (Å²) in [5.41, 5.74) is 0.810. The van der Waals surface area contributed by atoms with Gasteiger partial charge in [0.2, 0.25) is 0 Å². The van der Waals surface area contributed by atoms with Gasteiger partial charge in [0.15, 0.2) is 0 Å². The Morgan fingerprint density at radius 1 is 1.50 bits per heavy atom. The molecule has 1 aromatic heterocycles. The Hall–Kier alpha value is -0.800. The Balaban J connectivity index is 2.62. The van der Waals surface area contributed by atoms with Crippen LogP contribution in [0, 0.1) is 0 Å². The highest BCUT2D eigenvalue weighted by molar-refractivity contribution is 5.08. The van der Waals surface area contributed by atoms with Crippen molar-refractivity contribution < 1.29 is 9.52 Å². The first kappa shape index (κ1) is 11.3. The molecule has 0 spiro atoms. The van der Waals surface area contributed by atoms with Crippen LogP contribution in [0.5, 0.6) is 0 Å². The normalized spacial score (nSPS) is 14.7. The van der Waals surface area contributed by atoms with E-state index in [9.17, 15) is 5.11 Å². The van der Waals surface area contributed by atoms with Gasteiger partial charge >= 0.3 is 0 Å². The monoisotopic (exact) mass is 197 g/mol. The number of rotatable bonds is 4. The number of nitrogens with zero attached hydrogens (tertiary/aromatic N) is 1. The lowest BCUT2D eigenvalue weighted by molar-refractivity contribution is 0.0182. The minimum Gasteiger partial charge on any atom is -0.472 e. The Morgan fingerprint density at radius 3 is 2.57 bits per heavy atom. The van der Waals surface area contributed by atoms with Crippen LogP contribution in [0.15, 0.2) is 23.0 Å². The summed E-state index contributed by atoms with van der Waals surface area (Å²) in [7, 11) is 3.94. The standard InChI is InChI=1S/C11H19NO2/c1-11(2,12(3)4)10(13)7-9-5-6-14-8-9/h5-6,8,10,13H,7H2,1-4H3. The maximum Gasteiger partial charge on any atom is 0.0935 e. The molecule has 1 atom stereocenters. The molecule has 0 amide bonds. The highest BCUT2D eigenvalue weighted by Gasteiger charge is 2.30. The summed E-state index contributed by atoms with van der Waals surface area (Å²) in [5.74, 6) is 0. The maximum absolute atomic E-state index is 10.0. The third-order valence-corrected chi connectivity index (χ3v) is 2.98. The van der Waals surface area contributed by atoms with Crippen LogP contribution in [0.4, 0.5) is 0 Å². The molecule has 0 aromatic carbocycles. The van der Waals surface area contributed by atoms with Crippen molar-refractivity contribution in [1.29, 1.82) is 0 Å². The predicted octanol–water partition coefficient (Wildman–Crippen LogP) is 1.52. The molecule has 0 bridgehead atoms. The van der Waals surface area contributed by atoms with Crippen molar-refractivity contribution in [2.24, 2.45) is 0 Å². The lowest BCUT2D eigenvalue weighted by atomic mass is 9.91. The van der Waals surface area contributed by atoms with Gasteiger partial charge < -0.3 is 14.4 Å². The number of furan rings is 1. The molecule has 80 valence electrons. The fourth-order valence-corrected chi connectivity index (χ4v) is 1.18. The van der Waals surface area contributed by atoms with Crippen molar-refractivity contribution in [1.82, 2.24) is 4.90 Å². The van der Waals surface area contributed by atoms with Crippen LogP contribution in [-0.2, 0) is 6.42 Å². The van der Waals surface area contributed by atoms with Crippen LogP contribution in [0.1, 0.15) is 19.4 Å². The van der Waals surface area contributed by atoms with Crippen LogP contribution >= 0.6 is 0 Å². The molecule has 0 aliphatic heterocycles. The van der Waals surface area contributed by atoms with E-state index in [0.717, 1.165) is 5.56 Å². The first-order valence-corrected chi connectivity index (χ1v) is 4.81. The fraction of sp³-hybridized carbons (Fsp3) is 0.636. The van der Waals surface area contributed by atoms with Crippen molar-refractivity contribution in [3.05, 3.63) is 24.2 Å². The topological polar surface area (TPSA) is 36.6 Å². The van der Waals surface area contributed by atoms with Gasteiger partial charge in [-0.25, -0.2) is 0 Å². The average molecular weight is 197 g/mol. The zero-order valence-electron chi connectivity index (χ0n) is 9.32. The summed E-state index contributed by atoms with van der Waals surface area (Å²) < 4.78 is 4.96. The highest BCUT2D eigenvalue weighted by Crippen LogP contribution is 2.19. The molecule has 3 nitrogen and oxygen atoms in total. The summed E-state index contributed by atoms with van der Waals surface area (Å²) in [6.07, 6.45) is 3.54. The van der Waals surface area contributed by atoms with Gasteiger partial charge in [-0.05, 0) is 39.6 Å². The minimum atomic E-state index is -0.393. The van der Waals surface area contributed by atoms with Gasteiger partial charge in [0.1, 0.15) is 0 Å². The van der Waals surface area contributed by atoms with Crippen molar-refractivity contribution in [3.63, 3.8) is 0 Å². The van der Waals surface area contributed by atoms with Crippen molar-refractivity contribution >= 4 is 0 Å². The van der Waals surface area contributed by atoms with E-state index < -0.39 is 6.10 Å². The van der Waals surface area contributed by atoms with E-state index >= 15 is 0 Å². The van der Waals surface area contributed by atoms with Gasteiger partial charge in [-0.1, -0.05) is 0 Å². The molecular weight excluding hydrogens is 178 g/mol. The van der Waals surface area contributed by atoms with E-state index in [1.165, 1.54) is 0 Å². The Morgan fingerprint density at radius 2 is 2.14 bits per heavy atom. The molecule has 1 aromatic rings. The molecule has 0 aliphatic carbocycles. The minimum absolute atomic E-state index is 0.225. The molecule has 0 saturated carbocycles. The Kier molecular flexibility index (Phi) is 3.34. The first-order valence-electron chi connectivity index (χ1n) is 4.81. The van der Waals surface area contributed by atoms with Gasteiger partial charge in [-0.3, -0.25) is 0 Å². The molecule has 0 aliphatic rings. The molecule has 14 heavy (non-hydrogen) atoms. The fourth-order valence-electron chi connectivity index (χ4n) is 1.18. The van der Waals surface area contributed by atoms with E-state index in [1.807, 2.05) is 38.9 Å². The molecule has 1 N–H and O–H groups in total. The third kappa shape index (κ3) is 2.36. The number of aliphatic hydroxyl groups excluding tert-OH is 1. The van der Waals surface area contributed by atoms with E-state index in [0.29, 0.717) is 6.42 Å². The second kappa shape index (κ2) is 4.15. The molecule has 0 radical (unpaired) electrons. The van der Waals surface area contributed by atoms with Gasteiger partial charge in [0, 0.05) is 12.0 Å². The zero-order valence-corrected chi connectivity index (χ0v) is 9.32. The van der Waals surface area contributed by atoms with Crippen LogP contribution in [0.2, 0.25) is 0 Å². The molecule has 1 unspecified atom stereocenters. The van der Waals surface area contributed by atoms with Gasteiger partial charge in [-0.2, -0.15) is 0 Å². The van der Waals surface area contributed by atoms with E-state index in [1.54, 1.807) is 12.5 Å². The lowest BCUT2D eigenvalue weighted by Gasteiger charge is -2.37. The van der Waals surface area contributed by atoms with Crippen LogP contribution in [-0.4, -0.2) is 35.7 Å². The van der Waals surface area contributed by atoms with Crippen LogP contribution in [0.3, 0.4) is 0 Å². The SMILES string of the molecule is CN(C)C(C)(C)C(O)Cc1ccoc1. The van der Waals surface area contributed by atoms with Gasteiger partial charge in [0.25, 0.3) is 0 Å². The van der Waals surface area contributed by atoms with Crippen molar-refractivity contribution in [3.8, 4) is 0 Å². The lowest BCUT2D eigenvalue weighted by Crippen LogP contribution is -2.49. The van der Waals surface area contributed by atoms with E-state index in [4.69, 9.17) is 4.42 Å².